The number of halogens is 1. The summed E-state index contributed by atoms with van der Waals surface area (Å²) >= 11 is 0. The summed E-state index contributed by atoms with van der Waals surface area (Å²) in [5.41, 5.74) is 6.33. The van der Waals surface area contributed by atoms with Crippen molar-refractivity contribution in [1.29, 1.82) is 0 Å². The Labute approximate surface area is 126 Å². The molecule has 1 aromatic rings. The zero-order valence-corrected chi connectivity index (χ0v) is 11.8. The zero-order chi connectivity index (χ0) is 15.7. The molecule has 5 nitrogen and oxygen atoms in total. The van der Waals surface area contributed by atoms with E-state index in [9.17, 15) is 14.0 Å². The van der Waals surface area contributed by atoms with Crippen LogP contribution < -0.4 is 5.73 Å². The van der Waals surface area contributed by atoms with Gasteiger partial charge in [-0.2, -0.15) is 0 Å². The fraction of sp³-hybridized carbons (Fsp3) is 0.250. The summed E-state index contributed by atoms with van der Waals surface area (Å²) in [5.74, 6) is 1.15. The summed E-state index contributed by atoms with van der Waals surface area (Å²) in [5, 5.41) is 0. The lowest BCUT2D eigenvalue weighted by Gasteiger charge is -2.24. The summed E-state index contributed by atoms with van der Waals surface area (Å²) in [7, 11) is 0. The molecule has 1 saturated carbocycles. The number of hydrogen-bond acceptors (Lipinski definition) is 4. The molecule has 0 saturated heterocycles. The van der Waals surface area contributed by atoms with Crippen LogP contribution in [0.4, 0.5) is 4.39 Å². The van der Waals surface area contributed by atoms with Crippen LogP contribution in [0.2, 0.25) is 0 Å². The van der Waals surface area contributed by atoms with Crippen LogP contribution in [0.1, 0.15) is 18.5 Å². The molecule has 2 heterocycles. The molecule has 112 valence electrons. The van der Waals surface area contributed by atoms with Gasteiger partial charge in [0.15, 0.2) is 0 Å². The number of amides is 1. The van der Waals surface area contributed by atoms with E-state index in [4.69, 9.17) is 5.73 Å². The van der Waals surface area contributed by atoms with E-state index < -0.39 is 11.7 Å². The predicted molar refractivity (Wildman–Crippen MR) is 78.1 cm³/mol. The van der Waals surface area contributed by atoms with Crippen LogP contribution in [0, 0.1) is 11.7 Å². The molecule has 3 rings (SSSR count). The molecule has 1 fully saturated rings. The van der Waals surface area contributed by atoms with Crippen molar-refractivity contribution in [2.45, 2.75) is 12.8 Å². The van der Waals surface area contributed by atoms with Gasteiger partial charge in [-0.05, 0) is 30.9 Å². The Morgan fingerprint density at radius 3 is 2.73 bits per heavy atom. The highest BCUT2D eigenvalue weighted by Gasteiger charge is 2.28. The van der Waals surface area contributed by atoms with Gasteiger partial charge in [-0.3, -0.25) is 9.78 Å². The molecule has 1 amide bonds. The molecule has 6 heteroatoms. The van der Waals surface area contributed by atoms with Gasteiger partial charge in [0, 0.05) is 24.5 Å². The lowest BCUT2D eigenvalue weighted by molar-refractivity contribution is -0.114. The molecule has 0 aromatic carbocycles. The molecular weight excluding hydrogens is 285 g/mol. The second kappa shape index (κ2) is 5.58. The van der Waals surface area contributed by atoms with Gasteiger partial charge in [0.1, 0.15) is 11.8 Å². The number of carbonyl (C=O) groups excluding carboxylic acids is 2. The Kier molecular flexibility index (Phi) is 3.61. The molecular formula is C16H14FN3O2. The Bertz CT molecular complexity index is 726. The van der Waals surface area contributed by atoms with Crippen molar-refractivity contribution in [2.24, 2.45) is 11.7 Å². The number of nitrogens with two attached hydrogens (primary N) is 1. The Morgan fingerprint density at radius 2 is 2.18 bits per heavy atom. The first-order chi connectivity index (χ1) is 10.6. The molecule has 2 aliphatic rings. The maximum Gasteiger partial charge on any atom is 0.251 e. The first-order valence-corrected chi connectivity index (χ1v) is 6.95. The van der Waals surface area contributed by atoms with Crippen molar-refractivity contribution in [2.75, 3.05) is 6.54 Å². The maximum absolute atomic E-state index is 13.0. The molecule has 2 N–H and O–H groups in total. The first kappa shape index (κ1) is 14.2. The number of allylic oxidation sites excluding steroid dienone is 1. The van der Waals surface area contributed by atoms with Gasteiger partial charge in [0.25, 0.3) is 5.91 Å². The van der Waals surface area contributed by atoms with E-state index in [1.165, 1.54) is 12.1 Å². The molecule has 1 aliphatic heterocycles. The fourth-order valence-electron chi connectivity index (χ4n) is 2.37. The smallest absolute Gasteiger partial charge is 0.251 e. The van der Waals surface area contributed by atoms with E-state index in [-0.39, 0.29) is 11.1 Å². The highest BCUT2D eigenvalue weighted by atomic mass is 19.1. The van der Waals surface area contributed by atoms with Gasteiger partial charge in [0.2, 0.25) is 0 Å². The highest BCUT2D eigenvalue weighted by molar-refractivity contribution is 6.08. The lowest BCUT2D eigenvalue weighted by atomic mass is 9.94. The minimum absolute atomic E-state index is 0.0543. The number of carbonyl (C=O) groups is 1. The zero-order valence-electron chi connectivity index (χ0n) is 11.8. The largest absolute Gasteiger partial charge is 0.366 e. The van der Waals surface area contributed by atoms with Crippen molar-refractivity contribution in [3.63, 3.8) is 0 Å². The minimum Gasteiger partial charge on any atom is -0.366 e. The second-order valence-corrected chi connectivity index (χ2v) is 5.43. The van der Waals surface area contributed by atoms with Crippen LogP contribution in [-0.2, 0) is 9.59 Å². The van der Waals surface area contributed by atoms with Gasteiger partial charge >= 0.3 is 0 Å². The summed E-state index contributed by atoms with van der Waals surface area (Å²) < 4.78 is 13.0. The monoisotopic (exact) mass is 299 g/mol. The third-order valence-corrected chi connectivity index (χ3v) is 3.67. The summed E-state index contributed by atoms with van der Waals surface area (Å²) in [4.78, 5) is 28.7. The van der Waals surface area contributed by atoms with Gasteiger partial charge in [-0.25, -0.2) is 9.18 Å². The minimum atomic E-state index is -0.702. The van der Waals surface area contributed by atoms with E-state index in [2.05, 4.69) is 4.98 Å². The van der Waals surface area contributed by atoms with E-state index in [1.807, 2.05) is 4.90 Å². The molecule has 1 aliphatic carbocycles. The topological polar surface area (TPSA) is 76.3 Å². The molecule has 1 aromatic heterocycles. The molecule has 0 unspecified atom stereocenters. The third-order valence-electron chi connectivity index (χ3n) is 3.67. The number of pyridine rings is 1. The van der Waals surface area contributed by atoms with Crippen LogP contribution in [0.5, 0.6) is 0 Å². The van der Waals surface area contributed by atoms with Crippen molar-refractivity contribution in [3.8, 4) is 0 Å². The quantitative estimate of drug-likeness (QED) is 0.853. The van der Waals surface area contributed by atoms with E-state index in [0.29, 0.717) is 17.2 Å². The van der Waals surface area contributed by atoms with Crippen LogP contribution in [0.15, 0.2) is 41.9 Å². The van der Waals surface area contributed by atoms with Crippen LogP contribution in [-0.4, -0.2) is 28.3 Å². The molecule has 0 bridgehead atoms. The Morgan fingerprint density at radius 1 is 1.41 bits per heavy atom. The SMILES string of the molecule is NC(=O)C1=CN(CC2CC2)C=C(c2ccc(F)cn2)C1=C=O. The number of nitrogens with zero attached hydrogens (tertiary/aromatic N) is 2. The average molecular weight is 299 g/mol. The average Bonchev–Trinajstić information content (AvgIpc) is 3.31. The summed E-state index contributed by atoms with van der Waals surface area (Å²) in [6.07, 6.45) is 6.64. The number of aromatic nitrogens is 1. The van der Waals surface area contributed by atoms with Crippen LogP contribution >= 0.6 is 0 Å². The Hall–Kier alpha value is -2.72. The van der Waals surface area contributed by atoms with Gasteiger partial charge in [-0.15, -0.1) is 0 Å². The Balaban J connectivity index is 2.03. The van der Waals surface area contributed by atoms with Crippen molar-refractivity contribution in [3.05, 3.63) is 53.4 Å². The predicted octanol–water partition coefficient (Wildman–Crippen LogP) is 1.41. The van der Waals surface area contributed by atoms with Crippen molar-refractivity contribution < 1.29 is 14.0 Å². The van der Waals surface area contributed by atoms with Gasteiger partial charge in [0.05, 0.1) is 23.0 Å². The molecule has 0 radical (unpaired) electrons. The molecule has 22 heavy (non-hydrogen) atoms. The van der Waals surface area contributed by atoms with Crippen LogP contribution in [0.25, 0.3) is 5.57 Å². The van der Waals surface area contributed by atoms with E-state index >= 15 is 0 Å². The number of primary amides is 1. The fourth-order valence-corrected chi connectivity index (χ4v) is 2.37. The maximum atomic E-state index is 13.0. The van der Waals surface area contributed by atoms with Crippen LogP contribution in [0.3, 0.4) is 0 Å². The van der Waals surface area contributed by atoms with E-state index in [0.717, 1.165) is 25.6 Å². The molecule has 0 atom stereocenters. The third kappa shape index (κ3) is 2.82. The van der Waals surface area contributed by atoms with Crippen molar-refractivity contribution >= 4 is 17.4 Å². The lowest BCUT2D eigenvalue weighted by Crippen LogP contribution is -2.25. The van der Waals surface area contributed by atoms with Crippen molar-refractivity contribution in [1.82, 2.24) is 9.88 Å². The number of rotatable bonds is 4. The van der Waals surface area contributed by atoms with Gasteiger partial charge in [-0.1, -0.05) is 0 Å². The normalized spacial score (nSPS) is 17.7. The van der Waals surface area contributed by atoms with Gasteiger partial charge < -0.3 is 10.6 Å². The standard InChI is InChI=1S/C16H14FN3O2/c17-11-3-4-15(19-5-11)12-7-20(6-10-1-2-10)8-13(16(18)22)14(12)9-21/h3-5,7-8,10H,1-2,6H2,(H2,18,22). The highest BCUT2D eigenvalue weighted by Crippen LogP contribution is 2.34. The number of hydrogen-bond donors (Lipinski definition) is 1. The molecule has 0 spiro atoms. The first-order valence-electron chi connectivity index (χ1n) is 6.95. The second-order valence-electron chi connectivity index (χ2n) is 5.43. The van der Waals surface area contributed by atoms with E-state index in [1.54, 1.807) is 18.3 Å². The summed E-state index contributed by atoms with van der Waals surface area (Å²) in [6.45, 7) is 0.744. The summed E-state index contributed by atoms with van der Waals surface area (Å²) in [6, 6.07) is 2.71.